The summed E-state index contributed by atoms with van der Waals surface area (Å²) in [6.07, 6.45) is 3.58. The molecule has 3 aliphatic rings. The Balaban J connectivity index is 2.15. The fraction of sp³-hybridized carbons (Fsp3) is 0.857. The molecule has 3 saturated heterocycles. The molecule has 0 aromatic heterocycles. The Labute approximate surface area is 60.3 Å². The second-order valence-corrected chi connectivity index (χ2v) is 3.15. The number of piperidine rings is 3. The van der Waals surface area contributed by atoms with Crippen molar-refractivity contribution < 1.29 is 5.21 Å². The van der Waals surface area contributed by atoms with Gasteiger partial charge in [-0.25, -0.2) is 0 Å². The predicted molar refractivity (Wildman–Crippen MR) is 38.1 cm³/mol. The predicted octanol–water partition coefficient (Wildman–Crippen LogP) is 0.890. The molecule has 56 valence electrons. The van der Waals surface area contributed by atoms with E-state index in [1.807, 2.05) is 0 Å². The van der Waals surface area contributed by atoms with Crippen molar-refractivity contribution in [3.63, 3.8) is 0 Å². The molecule has 10 heavy (non-hydrogen) atoms. The van der Waals surface area contributed by atoms with Gasteiger partial charge in [0.05, 0.1) is 0 Å². The maximum Gasteiger partial charge on any atom is 0.144 e. The number of amidine groups is 1. The summed E-state index contributed by atoms with van der Waals surface area (Å²) in [6.45, 7) is 2.20. The minimum Gasteiger partial charge on any atom is -0.409 e. The van der Waals surface area contributed by atoms with Crippen LogP contribution in [0.3, 0.4) is 0 Å². The molecule has 0 saturated carbocycles. The third kappa shape index (κ3) is 0.770. The van der Waals surface area contributed by atoms with Crippen molar-refractivity contribution in [2.24, 2.45) is 11.1 Å². The SMILES string of the molecule is ON=C1CC2CCN1CC2. The van der Waals surface area contributed by atoms with Gasteiger partial charge in [0.1, 0.15) is 5.84 Å². The van der Waals surface area contributed by atoms with E-state index in [9.17, 15) is 0 Å². The molecule has 2 bridgehead atoms. The summed E-state index contributed by atoms with van der Waals surface area (Å²) in [4.78, 5) is 2.18. The van der Waals surface area contributed by atoms with Gasteiger partial charge in [0.2, 0.25) is 0 Å². The summed E-state index contributed by atoms with van der Waals surface area (Å²) in [5, 5.41) is 11.8. The number of rotatable bonds is 0. The Hall–Kier alpha value is -0.730. The monoisotopic (exact) mass is 140 g/mol. The second-order valence-electron chi connectivity index (χ2n) is 3.15. The normalized spacial score (nSPS) is 30.0. The maximum absolute atomic E-state index is 8.56. The summed E-state index contributed by atoms with van der Waals surface area (Å²) in [5.74, 6) is 1.71. The zero-order chi connectivity index (χ0) is 6.97. The van der Waals surface area contributed by atoms with Gasteiger partial charge in [-0.3, -0.25) is 0 Å². The lowest BCUT2D eigenvalue weighted by Gasteiger charge is -2.40. The standard InChI is InChI=1S/C7H12N2O/c10-8-7-5-6-1-3-9(7)4-2-6/h6,10H,1-5H2. The lowest BCUT2D eigenvalue weighted by molar-refractivity contribution is 0.204. The molecule has 3 aliphatic heterocycles. The van der Waals surface area contributed by atoms with Gasteiger partial charge in [-0.05, 0) is 18.8 Å². The number of fused-ring (bicyclic) bond motifs is 3. The Morgan fingerprint density at radius 2 is 2.10 bits per heavy atom. The van der Waals surface area contributed by atoms with Gasteiger partial charge in [-0.1, -0.05) is 5.16 Å². The molecule has 0 aromatic carbocycles. The van der Waals surface area contributed by atoms with Crippen molar-refractivity contribution in [3.05, 3.63) is 0 Å². The van der Waals surface area contributed by atoms with E-state index in [-0.39, 0.29) is 0 Å². The molecule has 0 unspecified atom stereocenters. The van der Waals surface area contributed by atoms with Crippen LogP contribution in [0.4, 0.5) is 0 Å². The number of nitrogens with zero attached hydrogens (tertiary/aromatic N) is 2. The van der Waals surface area contributed by atoms with E-state index in [4.69, 9.17) is 5.21 Å². The first-order valence-electron chi connectivity index (χ1n) is 3.86. The largest absolute Gasteiger partial charge is 0.409 e. The van der Waals surface area contributed by atoms with Gasteiger partial charge in [0.15, 0.2) is 0 Å². The Kier molecular flexibility index (Phi) is 1.29. The molecule has 0 aromatic rings. The van der Waals surface area contributed by atoms with Crippen molar-refractivity contribution >= 4 is 5.84 Å². The summed E-state index contributed by atoms with van der Waals surface area (Å²) < 4.78 is 0. The summed E-state index contributed by atoms with van der Waals surface area (Å²) in [7, 11) is 0. The second kappa shape index (κ2) is 2.15. The maximum atomic E-state index is 8.56. The van der Waals surface area contributed by atoms with Crippen molar-refractivity contribution in [1.82, 2.24) is 4.90 Å². The fourth-order valence-corrected chi connectivity index (χ4v) is 1.89. The zero-order valence-electron chi connectivity index (χ0n) is 5.95. The molecule has 1 N–H and O–H groups in total. The Bertz CT molecular complexity index is 159. The van der Waals surface area contributed by atoms with Crippen molar-refractivity contribution in [1.29, 1.82) is 0 Å². The highest BCUT2D eigenvalue weighted by atomic mass is 16.4. The van der Waals surface area contributed by atoms with Crippen LogP contribution in [0.2, 0.25) is 0 Å². The van der Waals surface area contributed by atoms with Gasteiger partial charge < -0.3 is 10.1 Å². The third-order valence-corrected chi connectivity index (χ3v) is 2.57. The molecule has 3 fully saturated rings. The van der Waals surface area contributed by atoms with Gasteiger partial charge in [0.25, 0.3) is 0 Å². The molecule has 0 amide bonds. The fourth-order valence-electron chi connectivity index (χ4n) is 1.89. The van der Waals surface area contributed by atoms with Gasteiger partial charge in [-0.15, -0.1) is 0 Å². The van der Waals surface area contributed by atoms with Gasteiger partial charge >= 0.3 is 0 Å². The molecule has 0 radical (unpaired) electrons. The van der Waals surface area contributed by atoms with E-state index < -0.39 is 0 Å². The summed E-state index contributed by atoms with van der Waals surface area (Å²) in [6, 6.07) is 0. The van der Waals surface area contributed by atoms with Crippen LogP contribution in [0.25, 0.3) is 0 Å². The molecule has 0 spiro atoms. The molecule has 3 nitrogen and oxygen atoms in total. The van der Waals surface area contributed by atoms with Gasteiger partial charge in [0, 0.05) is 19.5 Å². The molecule has 3 heteroatoms. The molecule has 3 heterocycles. The van der Waals surface area contributed by atoms with Crippen LogP contribution < -0.4 is 0 Å². The first-order valence-corrected chi connectivity index (χ1v) is 3.86. The van der Waals surface area contributed by atoms with Crippen LogP contribution in [0.5, 0.6) is 0 Å². The lowest BCUT2D eigenvalue weighted by atomic mass is 9.88. The Morgan fingerprint density at radius 1 is 1.40 bits per heavy atom. The molecule has 0 aliphatic carbocycles. The topological polar surface area (TPSA) is 35.8 Å². The molecular weight excluding hydrogens is 128 g/mol. The minimum absolute atomic E-state index is 0.802. The van der Waals surface area contributed by atoms with E-state index in [0.29, 0.717) is 0 Å². The summed E-state index contributed by atoms with van der Waals surface area (Å²) in [5.41, 5.74) is 0. The van der Waals surface area contributed by atoms with Crippen LogP contribution in [-0.4, -0.2) is 29.0 Å². The van der Waals surface area contributed by atoms with Gasteiger partial charge in [-0.2, -0.15) is 0 Å². The highest BCUT2D eigenvalue weighted by molar-refractivity contribution is 5.83. The average Bonchev–Trinajstić information content (AvgIpc) is 2.06. The molecule has 0 atom stereocenters. The van der Waals surface area contributed by atoms with E-state index in [2.05, 4.69) is 10.1 Å². The quantitative estimate of drug-likeness (QED) is 0.400. The minimum atomic E-state index is 0.802. The van der Waals surface area contributed by atoms with E-state index in [1.165, 1.54) is 12.8 Å². The van der Waals surface area contributed by atoms with Crippen molar-refractivity contribution in [3.8, 4) is 0 Å². The first kappa shape index (κ1) is 6.01. The third-order valence-electron chi connectivity index (χ3n) is 2.57. The van der Waals surface area contributed by atoms with Crippen LogP contribution in [0.15, 0.2) is 5.16 Å². The van der Waals surface area contributed by atoms with Crippen molar-refractivity contribution in [2.45, 2.75) is 19.3 Å². The number of oxime groups is 1. The van der Waals surface area contributed by atoms with Crippen LogP contribution >= 0.6 is 0 Å². The van der Waals surface area contributed by atoms with Crippen molar-refractivity contribution in [2.75, 3.05) is 13.1 Å². The van der Waals surface area contributed by atoms with E-state index >= 15 is 0 Å². The summed E-state index contributed by atoms with van der Waals surface area (Å²) >= 11 is 0. The van der Waals surface area contributed by atoms with Crippen LogP contribution in [-0.2, 0) is 0 Å². The molecular formula is C7H12N2O. The van der Waals surface area contributed by atoms with E-state index in [1.54, 1.807) is 0 Å². The number of hydrogen-bond donors (Lipinski definition) is 1. The van der Waals surface area contributed by atoms with Crippen LogP contribution in [0.1, 0.15) is 19.3 Å². The first-order chi connectivity index (χ1) is 4.90. The highest BCUT2D eigenvalue weighted by Gasteiger charge is 2.29. The zero-order valence-corrected chi connectivity index (χ0v) is 5.95. The smallest absolute Gasteiger partial charge is 0.144 e. The van der Waals surface area contributed by atoms with Crippen LogP contribution in [0, 0.1) is 5.92 Å². The number of hydrogen-bond acceptors (Lipinski definition) is 2. The van der Waals surface area contributed by atoms with E-state index in [0.717, 1.165) is 31.3 Å². The Morgan fingerprint density at radius 3 is 2.40 bits per heavy atom. The average molecular weight is 140 g/mol. The lowest BCUT2D eigenvalue weighted by Crippen LogP contribution is -2.45. The molecule has 3 rings (SSSR count). The highest BCUT2D eigenvalue weighted by Crippen LogP contribution is 2.28.